The van der Waals surface area contributed by atoms with Gasteiger partial charge in [0.2, 0.25) is 0 Å². The van der Waals surface area contributed by atoms with Crippen LogP contribution in [0.4, 0.5) is 11.4 Å². The van der Waals surface area contributed by atoms with Crippen molar-refractivity contribution >= 4 is 46.4 Å². The first kappa shape index (κ1) is 23.3. The minimum absolute atomic E-state index is 0.117. The van der Waals surface area contributed by atoms with Crippen molar-refractivity contribution in [2.24, 2.45) is 0 Å². The summed E-state index contributed by atoms with van der Waals surface area (Å²) in [6.07, 6.45) is 1.73. The number of amides is 2. The van der Waals surface area contributed by atoms with E-state index in [0.29, 0.717) is 28.4 Å². The molecule has 3 aromatic rings. The van der Waals surface area contributed by atoms with Gasteiger partial charge in [0, 0.05) is 34.5 Å². The number of benzene rings is 3. The van der Waals surface area contributed by atoms with Crippen molar-refractivity contribution in [3.8, 4) is 0 Å². The Morgan fingerprint density at radius 1 is 1.00 bits per heavy atom. The van der Waals surface area contributed by atoms with Crippen LogP contribution in [0.1, 0.15) is 50.7 Å². The summed E-state index contributed by atoms with van der Waals surface area (Å²) in [5.74, 6) is -0.406. The maximum absolute atomic E-state index is 13.5. The lowest BCUT2D eigenvalue weighted by molar-refractivity contribution is 0.0986. The van der Waals surface area contributed by atoms with Gasteiger partial charge in [-0.1, -0.05) is 41.4 Å². The molecule has 0 aliphatic carbocycles. The van der Waals surface area contributed by atoms with Crippen LogP contribution in [-0.4, -0.2) is 25.4 Å². The summed E-state index contributed by atoms with van der Waals surface area (Å²) in [4.78, 5) is 27.9. The fourth-order valence-electron chi connectivity index (χ4n) is 4.23. The zero-order chi connectivity index (χ0) is 23.5. The van der Waals surface area contributed by atoms with Crippen molar-refractivity contribution < 1.29 is 9.59 Å². The zero-order valence-electron chi connectivity index (χ0n) is 18.5. The number of aryl methyl sites for hydroxylation is 1. The van der Waals surface area contributed by atoms with Crippen LogP contribution in [0.15, 0.2) is 60.7 Å². The van der Waals surface area contributed by atoms with E-state index in [2.05, 4.69) is 10.6 Å². The molecule has 3 aromatic carbocycles. The van der Waals surface area contributed by atoms with E-state index in [1.807, 2.05) is 44.3 Å². The van der Waals surface area contributed by atoms with Crippen molar-refractivity contribution in [3.05, 3.63) is 93.0 Å². The van der Waals surface area contributed by atoms with Gasteiger partial charge in [-0.15, -0.1) is 0 Å². The second kappa shape index (κ2) is 9.96. The number of hydrogen-bond acceptors (Lipinski definition) is 3. The predicted molar refractivity (Wildman–Crippen MR) is 135 cm³/mol. The molecule has 1 aliphatic rings. The van der Waals surface area contributed by atoms with Crippen molar-refractivity contribution in [2.45, 2.75) is 25.8 Å². The molecule has 0 fully saturated rings. The first-order valence-corrected chi connectivity index (χ1v) is 11.6. The summed E-state index contributed by atoms with van der Waals surface area (Å²) in [6, 6.07) is 18.0. The van der Waals surface area contributed by atoms with E-state index in [-0.39, 0.29) is 22.9 Å². The predicted octanol–water partition coefficient (Wildman–Crippen LogP) is 6.26. The van der Waals surface area contributed by atoms with Gasteiger partial charge >= 0.3 is 0 Å². The molecule has 0 spiro atoms. The molecule has 0 bridgehead atoms. The molecule has 0 saturated carbocycles. The number of anilines is 2. The lowest BCUT2D eigenvalue weighted by Crippen LogP contribution is -2.32. The largest absolute Gasteiger partial charge is 0.322 e. The van der Waals surface area contributed by atoms with E-state index in [0.717, 1.165) is 29.7 Å². The van der Waals surface area contributed by atoms with E-state index in [1.54, 1.807) is 35.2 Å². The van der Waals surface area contributed by atoms with Gasteiger partial charge in [0.25, 0.3) is 11.8 Å². The number of fused-ring (bicyclic) bond motifs is 1. The number of halogens is 2. The van der Waals surface area contributed by atoms with E-state index >= 15 is 0 Å². The van der Waals surface area contributed by atoms with Crippen LogP contribution in [0.25, 0.3) is 0 Å². The standard InChI is InChI=1S/C26H25Cl2N3O2/c1-16-6-3-4-7-19(16)25(32)30-18-10-11-20(22(28)15-18)26(33)31-13-5-8-23(29-2)21-14-17(27)9-12-24(21)31/h3-4,6-7,9-12,14-15,23,29H,5,8,13H2,1-2H3,(H,30,32). The average Bonchev–Trinajstić information content (AvgIpc) is 2.98. The number of nitrogens with one attached hydrogen (secondary N) is 2. The topological polar surface area (TPSA) is 61.4 Å². The Morgan fingerprint density at radius 2 is 1.79 bits per heavy atom. The molecule has 5 nitrogen and oxygen atoms in total. The first-order valence-electron chi connectivity index (χ1n) is 10.8. The highest BCUT2D eigenvalue weighted by Gasteiger charge is 2.28. The third-order valence-corrected chi connectivity index (χ3v) is 6.52. The van der Waals surface area contributed by atoms with E-state index in [1.165, 1.54) is 0 Å². The van der Waals surface area contributed by atoms with Gasteiger partial charge in [0.05, 0.1) is 10.6 Å². The summed E-state index contributed by atoms with van der Waals surface area (Å²) in [7, 11) is 1.91. The summed E-state index contributed by atoms with van der Waals surface area (Å²) in [6.45, 7) is 2.46. The van der Waals surface area contributed by atoms with Gasteiger partial charge in [0.15, 0.2) is 0 Å². The lowest BCUT2D eigenvalue weighted by atomic mass is 10.0. The highest BCUT2D eigenvalue weighted by atomic mass is 35.5. The fourth-order valence-corrected chi connectivity index (χ4v) is 4.67. The molecule has 1 atom stereocenters. The quantitative estimate of drug-likeness (QED) is 0.462. The average molecular weight is 482 g/mol. The van der Waals surface area contributed by atoms with E-state index < -0.39 is 0 Å². The second-order valence-electron chi connectivity index (χ2n) is 8.11. The van der Waals surface area contributed by atoms with Crippen LogP contribution in [0, 0.1) is 6.92 Å². The molecule has 33 heavy (non-hydrogen) atoms. The molecule has 1 heterocycles. The number of rotatable bonds is 4. The number of carbonyl (C=O) groups excluding carboxylic acids is 2. The van der Waals surface area contributed by atoms with Crippen LogP contribution in [0.3, 0.4) is 0 Å². The third-order valence-electron chi connectivity index (χ3n) is 5.97. The summed E-state index contributed by atoms with van der Waals surface area (Å²) in [5.41, 5.74) is 4.21. The Hall–Kier alpha value is -2.86. The van der Waals surface area contributed by atoms with Crippen molar-refractivity contribution in [1.82, 2.24) is 5.32 Å². The normalized spacial score (nSPS) is 15.5. The Labute approximate surface area is 203 Å². The minimum Gasteiger partial charge on any atom is -0.322 e. The molecule has 1 aliphatic heterocycles. The van der Waals surface area contributed by atoms with Crippen molar-refractivity contribution in [3.63, 3.8) is 0 Å². The van der Waals surface area contributed by atoms with Gasteiger partial charge < -0.3 is 15.5 Å². The number of nitrogens with zero attached hydrogens (tertiary/aromatic N) is 1. The van der Waals surface area contributed by atoms with Crippen molar-refractivity contribution in [2.75, 3.05) is 23.8 Å². The number of carbonyl (C=O) groups is 2. The first-order chi connectivity index (χ1) is 15.9. The molecule has 0 radical (unpaired) electrons. The molecule has 2 amide bonds. The molecular weight excluding hydrogens is 457 g/mol. The monoisotopic (exact) mass is 481 g/mol. The van der Waals surface area contributed by atoms with Crippen LogP contribution in [-0.2, 0) is 0 Å². The van der Waals surface area contributed by atoms with Crippen LogP contribution < -0.4 is 15.5 Å². The Kier molecular flexibility index (Phi) is 7.03. The molecule has 7 heteroatoms. The van der Waals surface area contributed by atoms with Gasteiger partial charge in [-0.2, -0.15) is 0 Å². The summed E-state index contributed by atoms with van der Waals surface area (Å²) in [5, 5.41) is 7.10. The lowest BCUT2D eigenvalue weighted by Gasteiger charge is -2.25. The van der Waals surface area contributed by atoms with Gasteiger partial charge in [-0.25, -0.2) is 0 Å². The molecular formula is C26H25Cl2N3O2. The third kappa shape index (κ3) is 4.91. The highest BCUT2D eigenvalue weighted by molar-refractivity contribution is 6.35. The SMILES string of the molecule is CNC1CCCN(C(=O)c2ccc(NC(=O)c3ccccc3C)cc2Cl)c2ccc(Cl)cc21. The van der Waals surface area contributed by atoms with E-state index in [4.69, 9.17) is 23.2 Å². The maximum atomic E-state index is 13.5. The molecule has 1 unspecified atom stereocenters. The highest BCUT2D eigenvalue weighted by Crippen LogP contribution is 2.36. The van der Waals surface area contributed by atoms with Crippen LogP contribution >= 0.6 is 23.2 Å². The Bertz CT molecular complexity index is 1210. The van der Waals surface area contributed by atoms with Crippen LogP contribution in [0.5, 0.6) is 0 Å². The summed E-state index contributed by atoms with van der Waals surface area (Å²) < 4.78 is 0. The minimum atomic E-state index is -0.223. The second-order valence-corrected chi connectivity index (χ2v) is 8.95. The Balaban J connectivity index is 1.60. The number of hydrogen-bond donors (Lipinski definition) is 2. The van der Waals surface area contributed by atoms with Gasteiger partial charge in [0.1, 0.15) is 0 Å². The smallest absolute Gasteiger partial charge is 0.259 e. The molecule has 170 valence electrons. The molecule has 0 aromatic heterocycles. The maximum Gasteiger partial charge on any atom is 0.259 e. The van der Waals surface area contributed by atoms with Gasteiger partial charge in [-0.3, -0.25) is 9.59 Å². The summed E-state index contributed by atoms with van der Waals surface area (Å²) >= 11 is 12.8. The van der Waals surface area contributed by atoms with Crippen LogP contribution in [0.2, 0.25) is 10.0 Å². The van der Waals surface area contributed by atoms with Gasteiger partial charge in [-0.05, 0) is 80.4 Å². The molecule has 0 saturated heterocycles. The molecule has 2 N–H and O–H groups in total. The zero-order valence-corrected chi connectivity index (χ0v) is 20.0. The van der Waals surface area contributed by atoms with E-state index in [9.17, 15) is 9.59 Å². The molecule has 4 rings (SSSR count). The Morgan fingerprint density at radius 3 is 2.52 bits per heavy atom. The fraction of sp³-hybridized carbons (Fsp3) is 0.231. The van der Waals surface area contributed by atoms with Crippen molar-refractivity contribution in [1.29, 1.82) is 0 Å².